The van der Waals surface area contributed by atoms with Gasteiger partial charge >= 0.3 is 0 Å². The molecule has 0 aliphatic carbocycles. The third kappa shape index (κ3) is 3.90. The number of benzene rings is 1. The Bertz CT molecular complexity index is 1070. The summed E-state index contributed by atoms with van der Waals surface area (Å²) in [5.74, 6) is -1.60. The van der Waals surface area contributed by atoms with E-state index in [4.69, 9.17) is 0 Å². The van der Waals surface area contributed by atoms with Gasteiger partial charge in [0.05, 0.1) is 11.7 Å². The van der Waals surface area contributed by atoms with E-state index < -0.39 is 11.6 Å². The van der Waals surface area contributed by atoms with Crippen LogP contribution < -0.4 is 5.56 Å². The van der Waals surface area contributed by atoms with Crippen LogP contribution in [-0.4, -0.2) is 27.4 Å². The van der Waals surface area contributed by atoms with E-state index >= 15 is 0 Å². The van der Waals surface area contributed by atoms with Crippen molar-refractivity contribution in [2.24, 2.45) is 0 Å². The summed E-state index contributed by atoms with van der Waals surface area (Å²) in [7, 11) is 1.54. The lowest BCUT2D eigenvalue weighted by molar-refractivity contribution is -0.130. The van der Waals surface area contributed by atoms with E-state index in [2.05, 4.69) is 4.98 Å². The zero-order chi connectivity index (χ0) is 19.7. The van der Waals surface area contributed by atoms with Gasteiger partial charge in [0.25, 0.3) is 5.56 Å². The Labute approximate surface area is 158 Å². The molecule has 0 radical (unpaired) electrons. The number of hydrogen-bond acceptors (Lipinski definition) is 4. The molecule has 0 unspecified atom stereocenters. The molecular formula is C19H19F2N3O2S. The summed E-state index contributed by atoms with van der Waals surface area (Å²) in [6.07, 6.45) is 1.53. The van der Waals surface area contributed by atoms with Crippen molar-refractivity contribution in [2.75, 3.05) is 7.05 Å². The maximum absolute atomic E-state index is 13.7. The van der Waals surface area contributed by atoms with Gasteiger partial charge in [-0.2, -0.15) is 0 Å². The number of aryl methyl sites for hydroxylation is 3. The topological polar surface area (TPSA) is 55.2 Å². The van der Waals surface area contributed by atoms with Crippen molar-refractivity contribution >= 4 is 27.5 Å². The van der Waals surface area contributed by atoms with Crippen molar-refractivity contribution in [1.82, 2.24) is 14.5 Å². The highest BCUT2D eigenvalue weighted by Gasteiger charge is 2.15. The lowest BCUT2D eigenvalue weighted by atomic mass is 10.2. The normalized spacial score (nSPS) is 11.1. The summed E-state index contributed by atoms with van der Waals surface area (Å²) in [6.45, 7) is 4.04. The van der Waals surface area contributed by atoms with Gasteiger partial charge in [0.2, 0.25) is 5.91 Å². The van der Waals surface area contributed by atoms with Gasteiger partial charge in [-0.05, 0) is 25.5 Å². The highest BCUT2D eigenvalue weighted by Crippen LogP contribution is 2.25. The van der Waals surface area contributed by atoms with E-state index in [1.165, 1.54) is 33.2 Å². The first kappa shape index (κ1) is 19.2. The van der Waals surface area contributed by atoms with E-state index in [0.29, 0.717) is 10.2 Å². The molecule has 2 heterocycles. The van der Waals surface area contributed by atoms with Gasteiger partial charge in [0, 0.05) is 43.1 Å². The van der Waals surface area contributed by atoms with E-state index in [1.807, 2.05) is 13.8 Å². The molecule has 0 aliphatic rings. The quantitative estimate of drug-likeness (QED) is 0.670. The zero-order valence-corrected chi connectivity index (χ0v) is 16.1. The van der Waals surface area contributed by atoms with Crippen LogP contribution >= 0.6 is 11.3 Å². The smallest absolute Gasteiger partial charge is 0.262 e. The third-order valence-corrected chi connectivity index (χ3v) is 5.69. The van der Waals surface area contributed by atoms with Gasteiger partial charge in [0.1, 0.15) is 16.5 Å². The Kier molecular flexibility index (Phi) is 5.36. The molecule has 8 heteroatoms. The van der Waals surface area contributed by atoms with Crippen molar-refractivity contribution in [3.63, 3.8) is 0 Å². The average Bonchev–Trinajstić information content (AvgIpc) is 2.91. The number of nitrogens with zero attached hydrogens (tertiary/aromatic N) is 3. The maximum Gasteiger partial charge on any atom is 0.262 e. The van der Waals surface area contributed by atoms with Gasteiger partial charge < -0.3 is 4.90 Å². The van der Waals surface area contributed by atoms with Gasteiger partial charge in [-0.1, -0.05) is 6.07 Å². The summed E-state index contributed by atoms with van der Waals surface area (Å²) in [6, 6.07) is 3.26. The molecule has 0 spiro atoms. The zero-order valence-electron chi connectivity index (χ0n) is 15.3. The van der Waals surface area contributed by atoms with Gasteiger partial charge in [-0.3, -0.25) is 14.2 Å². The number of fused-ring (bicyclic) bond motifs is 1. The Morgan fingerprint density at radius 3 is 2.74 bits per heavy atom. The largest absolute Gasteiger partial charge is 0.341 e. The minimum Gasteiger partial charge on any atom is -0.341 e. The molecule has 142 valence electrons. The van der Waals surface area contributed by atoms with Crippen LogP contribution in [0.4, 0.5) is 8.78 Å². The molecule has 27 heavy (non-hydrogen) atoms. The number of rotatable bonds is 5. The molecule has 0 saturated heterocycles. The molecule has 3 rings (SSSR count). The first-order valence-electron chi connectivity index (χ1n) is 8.41. The Morgan fingerprint density at radius 2 is 2.04 bits per heavy atom. The molecule has 0 atom stereocenters. The Balaban J connectivity index is 1.70. The van der Waals surface area contributed by atoms with Gasteiger partial charge in [-0.15, -0.1) is 11.3 Å². The molecule has 3 aromatic rings. The summed E-state index contributed by atoms with van der Waals surface area (Å²) in [4.78, 5) is 32.4. The fourth-order valence-electron chi connectivity index (χ4n) is 2.83. The summed E-state index contributed by atoms with van der Waals surface area (Å²) >= 11 is 1.47. The van der Waals surface area contributed by atoms with Crippen molar-refractivity contribution in [1.29, 1.82) is 0 Å². The van der Waals surface area contributed by atoms with E-state index in [9.17, 15) is 18.4 Å². The summed E-state index contributed by atoms with van der Waals surface area (Å²) < 4.78 is 28.1. The third-order valence-electron chi connectivity index (χ3n) is 4.57. The first-order valence-corrected chi connectivity index (χ1v) is 9.22. The summed E-state index contributed by atoms with van der Waals surface area (Å²) in [5, 5.41) is 0.592. The Morgan fingerprint density at radius 1 is 1.30 bits per heavy atom. The molecule has 0 bridgehead atoms. The monoisotopic (exact) mass is 391 g/mol. The Hall–Kier alpha value is -2.61. The van der Waals surface area contributed by atoms with Crippen LogP contribution in [0, 0.1) is 25.5 Å². The van der Waals surface area contributed by atoms with Crippen LogP contribution in [0.3, 0.4) is 0 Å². The molecule has 1 amide bonds. The predicted octanol–water partition coefficient (Wildman–Crippen LogP) is 3.40. The second-order valence-corrected chi connectivity index (χ2v) is 7.65. The number of carbonyl (C=O) groups is 1. The minimum absolute atomic E-state index is 0.0277. The lowest BCUT2D eigenvalue weighted by Crippen LogP contribution is -2.29. The number of aromatic nitrogens is 2. The fraction of sp³-hybridized carbons (Fsp3) is 0.316. The highest BCUT2D eigenvalue weighted by molar-refractivity contribution is 7.18. The summed E-state index contributed by atoms with van der Waals surface area (Å²) in [5.41, 5.74) is 0.982. The van der Waals surface area contributed by atoms with Crippen LogP contribution in [0.2, 0.25) is 0 Å². The molecule has 0 N–H and O–H groups in total. The SMILES string of the molecule is Cc1sc2ncn(CCC(=O)N(C)Cc3ccc(F)cc3F)c(=O)c2c1C. The first-order chi connectivity index (χ1) is 12.8. The van der Waals surface area contributed by atoms with Crippen molar-refractivity contribution in [3.05, 3.63) is 62.5 Å². The van der Waals surface area contributed by atoms with E-state index in [-0.39, 0.29) is 36.5 Å². The van der Waals surface area contributed by atoms with Gasteiger partial charge in [0.15, 0.2) is 0 Å². The standard InChI is InChI=1S/C19H19F2N3O2S/c1-11-12(2)27-18-17(11)19(26)24(10-22-18)7-6-16(25)23(3)9-13-4-5-14(20)8-15(13)21/h4-5,8,10H,6-7,9H2,1-3H3. The fourth-order valence-corrected chi connectivity index (χ4v) is 3.82. The number of carbonyl (C=O) groups excluding carboxylic acids is 1. The van der Waals surface area contributed by atoms with Crippen molar-refractivity contribution in [2.45, 2.75) is 33.4 Å². The van der Waals surface area contributed by atoms with Crippen LogP contribution in [0.15, 0.2) is 29.3 Å². The van der Waals surface area contributed by atoms with Crippen LogP contribution in [0.25, 0.3) is 10.2 Å². The lowest BCUT2D eigenvalue weighted by Gasteiger charge is -2.18. The molecular weight excluding hydrogens is 372 g/mol. The minimum atomic E-state index is -0.691. The van der Waals surface area contributed by atoms with Crippen molar-refractivity contribution in [3.8, 4) is 0 Å². The van der Waals surface area contributed by atoms with Crippen LogP contribution in [-0.2, 0) is 17.9 Å². The molecule has 2 aromatic heterocycles. The van der Waals surface area contributed by atoms with Crippen LogP contribution in [0.1, 0.15) is 22.4 Å². The number of thiophene rings is 1. The highest BCUT2D eigenvalue weighted by atomic mass is 32.1. The maximum atomic E-state index is 13.7. The molecule has 0 aliphatic heterocycles. The molecule has 0 saturated carbocycles. The number of amides is 1. The van der Waals surface area contributed by atoms with E-state index in [0.717, 1.165) is 22.6 Å². The second kappa shape index (κ2) is 7.56. The second-order valence-electron chi connectivity index (χ2n) is 6.44. The number of hydrogen-bond donors (Lipinski definition) is 0. The molecule has 0 fully saturated rings. The predicted molar refractivity (Wildman–Crippen MR) is 101 cm³/mol. The van der Waals surface area contributed by atoms with Gasteiger partial charge in [-0.25, -0.2) is 13.8 Å². The van der Waals surface area contributed by atoms with Crippen molar-refractivity contribution < 1.29 is 13.6 Å². The molecule has 5 nitrogen and oxygen atoms in total. The average molecular weight is 391 g/mol. The van der Waals surface area contributed by atoms with Crippen LogP contribution in [0.5, 0.6) is 0 Å². The number of halogens is 2. The molecule has 1 aromatic carbocycles. The van der Waals surface area contributed by atoms with E-state index in [1.54, 1.807) is 7.05 Å².